The van der Waals surface area contributed by atoms with Crippen LogP contribution in [0.3, 0.4) is 0 Å². The molecule has 0 N–H and O–H groups in total. The van der Waals surface area contributed by atoms with E-state index in [9.17, 15) is 0 Å². The first-order valence-corrected chi connectivity index (χ1v) is 8.30. The summed E-state index contributed by atoms with van der Waals surface area (Å²) >= 11 is 0. The molecule has 0 bridgehead atoms. The first-order valence-electron chi connectivity index (χ1n) is 8.30. The van der Waals surface area contributed by atoms with Crippen LogP contribution in [0, 0.1) is 0 Å². The van der Waals surface area contributed by atoms with Crippen LogP contribution in [0.15, 0.2) is 97.1 Å². The van der Waals surface area contributed by atoms with Gasteiger partial charge in [-0.15, -0.1) is 0 Å². The molecule has 0 saturated carbocycles. The molecule has 5 rings (SSSR count). The highest BCUT2D eigenvalue weighted by Crippen LogP contribution is 2.38. The Morgan fingerprint density at radius 2 is 1.08 bits per heavy atom. The van der Waals surface area contributed by atoms with Gasteiger partial charge < -0.3 is 0 Å². The van der Waals surface area contributed by atoms with Gasteiger partial charge in [0.2, 0.25) is 0 Å². The molecule has 0 spiro atoms. The zero-order chi connectivity index (χ0) is 15.9. The molecule has 0 fully saturated rings. The molecule has 0 heteroatoms. The van der Waals surface area contributed by atoms with Crippen molar-refractivity contribution in [1.29, 1.82) is 0 Å². The molecule has 0 aliphatic heterocycles. The van der Waals surface area contributed by atoms with E-state index in [0.29, 0.717) is 0 Å². The lowest BCUT2D eigenvalue weighted by Crippen LogP contribution is -1.86. The highest BCUT2D eigenvalue weighted by molar-refractivity contribution is 6.22. The third-order valence-electron chi connectivity index (χ3n) is 4.83. The maximum absolute atomic E-state index is 2.33. The van der Waals surface area contributed by atoms with E-state index in [0.717, 1.165) is 0 Å². The minimum absolute atomic E-state index is 1.27. The van der Waals surface area contributed by atoms with Gasteiger partial charge in [-0.1, -0.05) is 91.0 Å². The first kappa shape index (κ1) is 13.3. The Bertz CT molecular complexity index is 1180. The van der Waals surface area contributed by atoms with Crippen LogP contribution >= 0.6 is 0 Å². The van der Waals surface area contributed by atoms with Gasteiger partial charge in [0, 0.05) is 0 Å². The Morgan fingerprint density at radius 3 is 1.92 bits per heavy atom. The Balaban J connectivity index is 2.07. The number of hydrogen-bond donors (Lipinski definition) is 0. The third-order valence-corrected chi connectivity index (χ3v) is 4.83. The van der Waals surface area contributed by atoms with Crippen molar-refractivity contribution >= 4 is 32.3 Å². The van der Waals surface area contributed by atoms with Gasteiger partial charge in [-0.3, -0.25) is 0 Å². The SMILES string of the molecule is c1ccc(-c2cc3ccccc3c3ccc4ccccc4c23)cc1. The van der Waals surface area contributed by atoms with Gasteiger partial charge in [0.15, 0.2) is 0 Å². The quantitative estimate of drug-likeness (QED) is 0.298. The number of fused-ring (bicyclic) bond motifs is 5. The Hall–Kier alpha value is -3.12. The highest BCUT2D eigenvalue weighted by atomic mass is 14.1. The van der Waals surface area contributed by atoms with Gasteiger partial charge in [-0.05, 0) is 49.5 Å². The van der Waals surface area contributed by atoms with Crippen molar-refractivity contribution in [3.8, 4) is 11.1 Å². The van der Waals surface area contributed by atoms with Crippen LogP contribution in [0.4, 0.5) is 0 Å². The van der Waals surface area contributed by atoms with Crippen LogP contribution in [0.5, 0.6) is 0 Å². The summed E-state index contributed by atoms with van der Waals surface area (Å²) in [7, 11) is 0. The topological polar surface area (TPSA) is 0 Å². The monoisotopic (exact) mass is 304 g/mol. The van der Waals surface area contributed by atoms with Gasteiger partial charge in [-0.25, -0.2) is 0 Å². The molecule has 0 radical (unpaired) electrons. The molecule has 112 valence electrons. The average molecular weight is 304 g/mol. The van der Waals surface area contributed by atoms with Gasteiger partial charge in [0.05, 0.1) is 0 Å². The molecule has 0 nitrogen and oxygen atoms in total. The molecule has 5 aromatic carbocycles. The van der Waals surface area contributed by atoms with Gasteiger partial charge >= 0.3 is 0 Å². The molecule has 0 aromatic heterocycles. The van der Waals surface area contributed by atoms with E-state index in [1.165, 1.54) is 43.4 Å². The molecular weight excluding hydrogens is 288 g/mol. The zero-order valence-corrected chi connectivity index (χ0v) is 13.2. The summed E-state index contributed by atoms with van der Waals surface area (Å²) in [6, 6.07) is 34.9. The maximum atomic E-state index is 2.33. The lowest BCUT2D eigenvalue weighted by atomic mass is 9.90. The molecule has 0 atom stereocenters. The summed E-state index contributed by atoms with van der Waals surface area (Å²) in [6.45, 7) is 0. The summed E-state index contributed by atoms with van der Waals surface area (Å²) in [5, 5.41) is 7.89. The van der Waals surface area contributed by atoms with Gasteiger partial charge in [0.1, 0.15) is 0 Å². The normalized spacial score (nSPS) is 11.3. The smallest absolute Gasteiger partial charge is 0.00204 e. The predicted octanol–water partition coefficient (Wildman–Crippen LogP) is 6.81. The average Bonchev–Trinajstić information content (AvgIpc) is 2.67. The molecule has 0 saturated heterocycles. The molecule has 0 aliphatic rings. The number of benzene rings is 5. The van der Waals surface area contributed by atoms with Gasteiger partial charge in [0.25, 0.3) is 0 Å². The van der Waals surface area contributed by atoms with Crippen LogP contribution < -0.4 is 0 Å². The van der Waals surface area contributed by atoms with Crippen molar-refractivity contribution in [2.45, 2.75) is 0 Å². The molecule has 0 heterocycles. The van der Waals surface area contributed by atoms with E-state index in [1.54, 1.807) is 0 Å². The minimum Gasteiger partial charge on any atom is -0.0622 e. The van der Waals surface area contributed by atoms with E-state index in [1.807, 2.05) is 0 Å². The lowest BCUT2D eigenvalue weighted by Gasteiger charge is -2.13. The van der Waals surface area contributed by atoms with E-state index in [2.05, 4.69) is 97.1 Å². The summed E-state index contributed by atoms with van der Waals surface area (Å²) in [5.41, 5.74) is 2.57. The highest BCUT2D eigenvalue weighted by Gasteiger charge is 2.11. The second-order valence-corrected chi connectivity index (χ2v) is 6.22. The third kappa shape index (κ3) is 1.93. The molecule has 0 aliphatic carbocycles. The van der Waals surface area contributed by atoms with Crippen molar-refractivity contribution in [3.63, 3.8) is 0 Å². The molecule has 24 heavy (non-hydrogen) atoms. The lowest BCUT2D eigenvalue weighted by molar-refractivity contribution is 1.67. The molecule has 5 aromatic rings. The van der Waals surface area contributed by atoms with Crippen LogP contribution in [0.25, 0.3) is 43.4 Å². The van der Waals surface area contributed by atoms with Crippen LogP contribution in [0.1, 0.15) is 0 Å². The fraction of sp³-hybridized carbons (Fsp3) is 0. The van der Waals surface area contributed by atoms with E-state index >= 15 is 0 Å². The van der Waals surface area contributed by atoms with Crippen LogP contribution in [-0.4, -0.2) is 0 Å². The van der Waals surface area contributed by atoms with E-state index in [-0.39, 0.29) is 0 Å². The van der Waals surface area contributed by atoms with Crippen LogP contribution in [-0.2, 0) is 0 Å². The predicted molar refractivity (Wildman–Crippen MR) is 104 cm³/mol. The minimum atomic E-state index is 1.27. The van der Waals surface area contributed by atoms with Crippen molar-refractivity contribution in [2.24, 2.45) is 0 Å². The van der Waals surface area contributed by atoms with Crippen molar-refractivity contribution in [2.75, 3.05) is 0 Å². The zero-order valence-electron chi connectivity index (χ0n) is 13.2. The fourth-order valence-corrected chi connectivity index (χ4v) is 3.73. The second kappa shape index (κ2) is 5.21. The summed E-state index contributed by atoms with van der Waals surface area (Å²) in [5.74, 6) is 0. The van der Waals surface area contributed by atoms with Crippen molar-refractivity contribution < 1.29 is 0 Å². The molecule has 0 amide bonds. The number of rotatable bonds is 1. The summed E-state index contributed by atoms with van der Waals surface area (Å²) < 4.78 is 0. The van der Waals surface area contributed by atoms with Crippen molar-refractivity contribution in [1.82, 2.24) is 0 Å². The van der Waals surface area contributed by atoms with Crippen LogP contribution in [0.2, 0.25) is 0 Å². The Morgan fingerprint density at radius 1 is 0.417 bits per heavy atom. The van der Waals surface area contributed by atoms with Crippen molar-refractivity contribution in [3.05, 3.63) is 97.1 Å². The molecular formula is C24H16. The number of hydrogen-bond acceptors (Lipinski definition) is 0. The standard InChI is InChI=1S/C24H16/c1-2-8-17(9-3-1)23-16-19-11-5-6-12-20(19)22-15-14-18-10-4-7-13-21(18)24(22)23/h1-16H. The largest absolute Gasteiger partial charge is 0.0622 e. The van der Waals surface area contributed by atoms with Gasteiger partial charge in [-0.2, -0.15) is 0 Å². The fourth-order valence-electron chi connectivity index (χ4n) is 3.73. The first-order chi connectivity index (χ1) is 11.9. The second-order valence-electron chi connectivity index (χ2n) is 6.22. The summed E-state index contributed by atoms with van der Waals surface area (Å²) in [4.78, 5) is 0. The van der Waals surface area contributed by atoms with E-state index in [4.69, 9.17) is 0 Å². The Labute approximate surface area is 141 Å². The van der Waals surface area contributed by atoms with E-state index < -0.39 is 0 Å². The Kier molecular flexibility index (Phi) is 2.89. The summed E-state index contributed by atoms with van der Waals surface area (Å²) in [6.07, 6.45) is 0. The maximum Gasteiger partial charge on any atom is -0.00204 e. The molecule has 0 unspecified atom stereocenters.